The van der Waals surface area contributed by atoms with Crippen molar-refractivity contribution in [1.29, 1.82) is 0 Å². The molecule has 23 heavy (non-hydrogen) atoms. The first-order valence-electron chi connectivity index (χ1n) is 8.15. The number of thioether (sulfide) groups is 1. The SMILES string of the molecule is CC(C)(C)OC(=O)NCCCc1cc2ccc3c(c2[nH]1)CCS3. The quantitative estimate of drug-likeness (QED) is 0.822. The minimum absolute atomic E-state index is 0.344. The van der Waals surface area contributed by atoms with Gasteiger partial charge in [0, 0.05) is 33.8 Å². The molecule has 124 valence electrons. The van der Waals surface area contributed by atoms with Crippen LogP contribution in [0.5, 0.6) is 0 Å². The summed E-state index contributed by atoms with van der Waals surface area (Å²) in [4.78, 5) is 16.6. The van der Waals surface area contributed by atoms with Crippen molar-refractivity contribution in [1.82, 2.24) is 10.3 Å². The summed E-state index contributed by atoms with van der Waals surface area (Å²) in [7, 11) is 0. The van der Waals surface area contributed by atoms with E-state index >= 15 is 0 Å². The molecule has 1 aromatic carbocycles. The van der Waals surface area contributed by atoms with E-state index in [-0.39, 0.29) is 6.09 Å². The molecule has 1 aromatic heterocycles. The van der Waals surface area contributed by atoms with E-state index in [4.69, 9.17) is 4.74 Å². The highest BCUT2D eigenvalue weighted by atomic mass is 32.2. The normalized spacial score (nSPS) is 14.0. The Morgan fingerprint density at radius 2 is 2.22 bits per heavy atom. The van der Waals surface area contributed by atoms with Crippen molar-refractivity contribution in [3.05, 3.63) is 29.5 Å². The van der Waals surface area contributed by atoms with Crippen LogP contribution in [0.1, 0.15) is 38.4 Å². The Kier molecular flexibility index (Phi) is 4.57. The molecule has 0 atom stereocenters. The van der Waals surface area contributed by atoms with Gasteiger partial charge in [0.2, 0.25) is 0 Å². The average molecular weight is 332 g/mol. The van der Waals surface area contributed by atoms with Gasteiger partial charge in [-0.25, -0.2) is 4.79 Å². The zero-order valence-corrected chi connectivity index (χ0v) is 14.8. The molecule has 0 spiro atoms. The minimum Gasteiger partial charge on any atom is -0.444 e. The maximum Gasteiger partial charge on any atom is 0.407 e. The van der Waals surface area contributed by atoms with E-state index in [9.17, 15) is 4.79 Å². The van der Waals surface area contributed by atoms with E-state index in [1.807, 2.05) is 32.5 Å². The second kappa shape index (κ2) is 6.48. The number of ether oxygens (including phenoxy) is 1. The fraction of sp³-hybridized carbons (Fsp3) is 0.500. The van der Waals surface area contributed by atoms with Gasteiger partial charge in [0.1, 0.15) is 5.60 Å². The van der Waals surface area contributed by atoms with Crippen molar-refractivity contribution in [3.63, 3.8) is 0 Å². The summed E-state index contributed by atoms with van der Waals surface area (Å²) in [6.07, 6.45) is 2.62. The van der Waals surface area contributed by atoms with E-state index in [1.54, 1.807) is 0 Å². The molecule has 0 bridgehead atoms. The topological polar surface area (TPSA) is 54.1 Å². The van der Waals surface area contributed by atoms with Gasteiger partial charge in [-0.3, -0.25) is 0 Å². The Morgan fingerprint density at radius 1 is 1.39 bits per heavy atom. The molecule has 1 aliphatic rings. The van der Waals surface area contributed by atoms with Crippen LogP contribution in [0.4, 0.5) is 4.79 Å². The van der Waals surface area contributed by atoms with E-state index in [1.165, 1.54) is 32.8 Å². The highest BCUT2D eigenvalue weighted by Gasteiger charge is 2.17. The van der Waals surface area contributed by atoms with Crippen molar-refractivity contribution in [2.75, 3.05) is 12.3 Å². The Bertz CT molecular complexity index is 716. The lowest BCUT2D eigenvalue weighted by molar-refractivity contribution is 0.0527. The van der Waals surface area contributed by atoms with E-state index < -0.39 is 5.60 Å². The van der Waals surface area contributed by atoms with E-state index in [0.29, 0.717) is 6.54 Å². The van der Waals surface area contributed by atoms with Crippen LogP contribution in [0.2, 0.25) is 0 Å². The van der Waals surface area contributed by atoms with Crippen LogP contribution in [0, 0.1) is 0 Å². The fourth-order valence-corrected chi connectivity index (χ4v) is 3.93. The van der Waals surface area contributed by atoms with E-state index in [0.717, 1.165) is 19.3 Å². The minimum atomic E-state index is -0.445. The number of carbonyl (C=O) groups is 1. The molecule has 2 heterocycles. The van der Waals surface area contributed by atoms with Crippen LogP contribution in [0.25, 0.3) is 10.9 Å². The number of aryl methyl sites for hydroxylation is 2. The van der Waals surface area contributed by atoms with Crippen molar-refractivity contribution in [3.8, 4) is 0 Å². The largest absolute Gasteiger partial charge is 0.444 e. The van der Waals surface area contributed by atoms with Gasteiger partial charge in [-0.05, 0) is 57.7 Å². The molecule has 3 rings (SSSR count). The molecule has 5 heteroatoms. The van der Waals surface area contributed by atoms with Crippen molar-refractivity contribution in [2.45, 2.75) is 50.5 Å². The number of benzene rings is 1. The summed E-state index contributed by atoms with van der Waals surface area (Å²) >= 11 is 1.94. The molecule has 1 aliphatic heterocycles. The van der Waals surface area contributed by atoms with Crippen LogP contribution in [-0.4, -0.2) is 29.0 Å². The average Bonchev–Trinajstić information content (AvgIpc) is 3.06. The molecule has 0 unspecified atom stereocenters. The highest BCUT2D eigenvalue weighted by molar-refractivity contribution is 7.99. The second-order valence-corrected chi connectivity index (χ2v) is 8.07. The molecule has 4 nitrogen and oxygen atoms in total. The molecule has 0 saturated heterocycles. The number of rotatable bonds is 4. The third-order valence-electron chi connectivity index (χ3n) is 3.82. The van der Waals surface area contributed by atoms with Crippen molar-refractivity contribution < 1.29 is 9.53 Å². The molecular formula is C18H24N2O2S. The zero-order valence-electron chi connectivity index (χ0n) is 14.0. The molecular weight excluding hydrogens is 308 g/mol. The molecule has 1 amide bonds. The number of nitrogens with one attached hydrogen (secondary N) is 2. The number of alkyl carbamates (subject to hydrolysis) is 1. The Labute approximate surface area is 141 Å². The van der Waals surface area contributed by atoms with Crippen LogP contribution in [0.3, 0.4) is 0 Å². The number of H-pyrrole nitrogens is 1. The predicted molar refractivity (Wildman–Crippen MR) is 95.3 cm³/mol. The molecule has 0 aliphatic carbocycles. The van der Waals surface area contributed by atoms with Crippen molar-refractivity contribution in [2.24, 2.45) is 0 Å². The Hall–Kier alpha value is -1.62. The van der Waals surface area contributed by atoms with Crippen LogP contribution in [0.15, 0.2) is 23.1 Å². The first-order chi connectivity index (χ1) is 10.9. The number of hydrogen-bond donors (Lipinski definition) is 2. The predicted octanol–water partition coefficient (Wildman–Crippen LogP) is 4.27. The first kappa shape index (κ1) is 16.2. The monoisotopic (exact) mass is 332 g/mol. The maximum absolute atomic E-state index is 11.6. The summed E-state index contributed by atoms with van der Waals surface area (Å²) in [6.45, 7) is 6.23. The summed E-state index contributed by atoms with van der Waals surface area (Å²) in [5.41, 5.74) is 3.55. The summed E-state index contributed by atoms with van der Waals surface area (Å²) in [6, 6.07) is 6.66. The van der Waals surface area contributed by atoms with Gasteiger partial charge >= 0.3 is 6.09 Å². The first-order valence-corrected chi connectivity index (χ1v) is 9.14. The number of aromatic amines is 1. The number of amides is 1. The lowest BCUT2D eigenvalue weighted by Gasteiger charge is -2.19. The van der Waals surface area contributed by atoms with Gasteiger partial charge in [-0.15, -0.1) is 11.8 Å². The third kappa shape index (κ3) is 4.02. The van der Waals surface area contributed by atoms with Gasteiger partial charge in [0.15, 0.2) is 0 Å². The van der Waals surface area contributed by atoms with Gasteiger partial charge in [0.25, 0.3) is 0 Å². The number of carbonyl (C=O) groups excluding carboxylic acids is 1. The molecule has 2 aromatic rings. The number of fused-ring (bicyclic) bond motifs is 3. The highest BCUT2D eigenvalue weighted by Crippen LogP contribution is 2.36. The van der Waals surface area contributed by atoms with Gasteiger partial charge in [-0.1, -0.05) is 6.07 Å². The lowest BCUT2D eigenvalue weighted by Crippen LogP contribution is -2.33. The van der Waals surface area contributed by atoms with Gasteiger partial charge < -0.3 is 15.0 Å². The van der Waals surface area contributed by atoms with Crippen LogP contribution >= 0.6 is 11.8 Å². The summed E-state index contributed by atoms with van der Waals surface area (Å²) in [5.74, 6) is 1.18. The smallest absolute Gasteiger partial charge is 0.407 e. The molecule has 0 fully saturated rings. The Balaban J connectivity index is 1.53. The summed E-state index contributed by atoms with van der Waals surface area (Å²) in [5, 5.41) is 4.10. The maximum atomic E-state index is 11.6. The van der Waals surface area contributed by atoms with Crippen LogP contribution in [-0.2, 0) is 17.6 Å². The Morgan fingerprint density at radius 3 is 3.00 bits per heavy atom. The van der Waals surface area contributed by atoms with Crippen LogP contribution < -0.4 is 5.32 Å². The number of hydrogen-bond acceptors (Lipinski definition) is 3. The van der Waals surface area contributed by atoms with E-state index in [2.05, 4.69) is 28.5 Å². The lowest BCUT2D eigenvalue weighted by atomic mass is 10.1. The van der Waals surface area contributed by atoms with Crippen molar-refractivity contribution >= 4 is 28.8 Å². The molecule has 2 N–H and O–H groups in total. The number of aromatic nitrogens is 1. The summed E-state index contributed by atoms with van der Waals surface area (Å²) < 4.78 is 5.23. The van der Waals surface area contributed by atoms with Gasteiger partial charge in [-0.2, -0.15) is 0 Å². The standard InChI is InChI=1S/C18H24N2O2S/c1-18(2,3)22-17(21)19-9-4-5-13-11-12-6-7-15-14(8-10-23-15)16(12)20-13/h6-7,11,20H,4-5,8-10H2,1-3H3,(H,19,21). The fourth-order valence-electron chi connectivity index (χ4n) is 2.86. The molecule has 0 radical (unpaired) electrons. The zero-order chi connectivity index (χ0) is 16.4. The molecule has 0 saturated carbocycles. The third-order valence-corrected chi connectivity index (χ3v) is 4.92. The van der Waals surface area contributed by atoms with Gasteiger partial charge in [0.05, 0.1) is 0 Å². The second-order valence-electron chi connectivity index (χ2n) is 6.93.